The third-order valence-electron chi connectivity index (χ3n) is 7.76. The molecule has 0 spiro atoms. The molecule has 3 rings (SSSR count). The fraction of sp³-hybridized carbons (Fsp3) is 0.762. The number of ether oxygens (including phenoxy) is 1. The van der Waals surface area contributed by atoms with Crippen molar-refractivity contribution < 1.29 is 14.6 Å². The molecule has 0 radical (unpaired) electrons. The number of carbonyl (C=O) groups is 1. The summed E-state index contributed by atoms with van der Waals surface area (Å²) in [6.07, 6.45) is 9.77. The number of rotatable bonds is 2. The van der Waals surface area contributed by atoms with Crippen molar-refractivity contribution in [2.24, 2.45) is 28.1 Å². The van der Waals surface area contributed by atoms with E-state index in [1.807, 2.05) is 6.92 Å². The van der Waals surface area contributed by atoms with E-state index in [1.165, 1.54) is 7.11 Å². The van der Waals surface area contributed by atoms with Crippen molar-refractivity contribution in [1.82, 2.24) is 0 Å². The highest BCUT2D eigenvalue weighted by atomic mass is 16.5. The molecule has 3 aliphatic rings. The number of esters is 1. The summed E-state index contributed by atoms with van der Waals surface area (Å²) in [6, 6.07) is 0. The Morgan fingerprint density at radius 1 is 1.33 bits per heavy atom. The molecule has 0 bridgehead atoms. The molecule has 3 heteroatoms. The van der Waals surface area contributed by atoms with E-state index in [0.29, 0.717) is 12.3 Å². The second-order valence-corrected chi connectivity index (χ2v) is 9.03. The van der Waals surface area contributed by atoms with Crippen LogP contribution in [-0.4, -0.2) is 24.3 Å². The van der Waals surface area contributed by atoms with Crippen LogP contribution in [0.3, 0.4) is 0 Å². The van der Waals surface area contributed by atoms with Gasteiger partial charge in [-0.1, -0.05) is 31.6 Å². The lowest BCUT2D eigenvalue weighted by Gasteiger charge is -2.60. The molecule has 2 saturated carbocycles. The molecule has 134 valence electrons. The van der Waals surface area contributed by atoms with E-state index in [2.05, 4.69) is 32.6 Å². The van der Waals surface area contributed by atoms with Gasteiger partial charge in [0.05, 0.1) is 18.6 Å². The molecule has 24 heavy (non-hydrogen) atoms. The molecular weight excluding hydrogens is 300 g/mol. The minimum atomic E-state index is -0.803. The van der Waals surface area contributed by atoms with Crippen LogP contribution in [0.1, 0.15) is 59.3 Å². The molecule has 3 aliphatic carbocycles. The van der Waals surface area contributed by atoms with Crippen LogP contribution in [-0.2, 0) is 9.53 Å². The van der Waals surface area contributed by atoms with Crippen LogP contribution in [0.2, 0.25) is 0 Å². The Bertz CT molecular complexity index is 580. The van der Waals surface area contributed by atoms with Gasteiger partial charge in [0.15, 0.2) is 0 Å². The molecule has 0 unspecified atom stereocenters. The number of hydrogen-bond acceptors (Lipinski definition) is 3. The highest BCUT2D eigenvalue weighted by Gasteiger charge is 2.61. The van der Waals surface area contributed by atoms with Crippen molar-refractivity contribution in [1.29, 1.82) is 0 Å². The molecule has 0 aromatic heterocycles. The summed E-state index contributed by atoms with van der Waals surface area (Å²) < 4.78 is 5.11. The first-order valence-corrected chi connectivity index (χ1v) is 9.30. The molecule has 1 N–H and O–H groups in total. The predicted octanol–water partition coefficient (Wildman–Crippen LogP) is 4.27. The summed E-state index contributed by atoms with van der Waals surface area (Å²) in [6.45, 7) is 10.6. The zero-order chi connectivity index (χ0) is 17.8. The topological polar surface area (TPSA) is 46.5 Å². The van der Waals surface area contributed by atoms with Gasteiger partial charge in [-0.3, -0.25) is 4.79 Å². The number of fused-ring (bicyclic) bond motifs is 3. The maximum atomic E-state index is 12.6. The fourth-order valence-corrected chi connectivity index (χ4v) is 6.02. The van der Waals surface area contributed by atoms with Crippen LogP contribution in [0, 0.1) is 28.1 Å². The SMILES string of the molecule is C=C[C@@]1(C)CC[C@H]2C(=CC[C@H]3[C@]2(C)CC[C@H](O)[C@@]3(C)C(=O)OC)C1. The van der Waals surface area contributed by atoms with E-state index in [0.717, 1.165) is 32.1 Å². The van der Waals surface area contributed by atoms with Gasteiger partial charge in [0.25, 0.3) is 0 Å². The average molecular weight is 332 g/mol. The van der Waals surface area contributed by atoms with Gasteiger partial charge in [0.2, 0.25) is 0 Å². The minimum Gasteiger partial charge on any atom is -0.469 e. The number of allylic oxidation sites excluding steroid dienone is 3. The van der Waals surface area contributed by atoms with Gasteiger partial charge in [0.1, 0.15) is 0 Å². The van der Waals surface area contributed by atoms with E-state index >= 15 is 0 Å². The van der Waals surface area contributed by atoms with Crippen molar-refractivity contribution >= 4 is 5.97 Å². The Kier molecular flexibility index (Phi) is 4.23. The fourth-order valence-electron chi connectivity index (χ4n) is 6.02. The van der Waals surface area contributed by atoms with E-state index < -0.39 is 11.5 Å². The van der Waals surface area contributed by atoms with Gasteiger partial charge in [-0.05, 0) is 68.1 Å². The number of aliphatic hydroxyl groups excluding tert-OH is 1. The minimum absolute atomic E-state index is 0.0642. The largest absolute Gasteiger partial charge is 0.469 e. The van der Waals surface area contributed by atoms with E-state index in [4.69, 9.17) is 4.74 Å². The van der Waals surface area contributed by atoms with E-state index in [-0.39, 0.29) is 22.7 Å². The molecule has 0 aliphatic heterocycles. The monoisotopic (exact) mass is 332 g/mol. The zero-order valence-electron chi connectivity index (χ0n) is 15.6. The Labute approximate surface area is 146 Å². The second kappa shape index (κ2) is 5.72. The van der Waals surface area contributed by atoms with Gasteiger partial charge in [-0.15, -0.1) is 6.58 Å². The van der Waals surface area contributed by atoms with Crippen molar-refractivity contribution in [3.05, 3.63) is 24.3 Å². The third kappa shape index (κ3) is 2.31. The van der Waals surface area contributed by atoms with Crippen LogP contribution < -0.4 is 0 Å². The Morgan fingerprint density at radius 3 is 2.67 bits per heavy atom. The normalized spacial score (nSPS) is 47.9. The number of hydrogen-bond donors (Lipinski definition) is 1. The van der Waals surface area contributed by atoms with Crippen molar-refractivity contribution in [2.75, 3.05) is 7.11 Å². The number of aliphatic hydroxyl groups is 1. The molecule has 0 aromatic rings. The summed E-state index contributed by atoms with van der Waals surface area (Å²) in [5.74, 6) is 0.401. The summed E-state index contributed by atoms with van der Waals surface area (Å²) in [4.78, 5) is 12.6. The summed E-state index contributed by atoms with van der Waals surface area (Å²) in [5, 5.41) is 10.7. The van der Waals surface area contributed by atoms with Crippen molar-refractivity contribution in [2.45, 2.75) is 65.4 Å². The van der Waals surface area contributed by atoms with E-state index in [9.17, 15) is 9.90 Å². The first-order chi connectivity index (χ1) is 11.2. The third-order valence-corrected chi connectivity index (χ3v) is 7.76. The lowest BCUT2D eigenvalue weighted by molar-refractivity contribution is -0.184. The maximum absolute atomic E-state index is 12.6. The van der Waals surface area contributed by atoms with Crippen LogP contribution >= 0.6 is 0 Å². The van der Waals surface area contributed by atoms with Crippen molar-refractivity contribution in [3.8, 4) is 0 Å². The van der Waals surface area contributed by atoms with E-state index in [1.54, 1.807) is 5.57 Å². The van der Waals surface area contributed by atoms with Crippen molar-refractivity contribution in [3.63, 3.8) is 0 Å². The van der Waals surface area contributed by atoms with Gasteiger partial charge >= 0.3 is 5.97 Å². The summed E-state index contributed by atoms with van der Waals surface area (Å²) in [7, 11) is 1.44. The Balaban J connectivity index is 2.00. The molecule has 0 aromatic carbocycles. The first kappa shape index (κ1) is 17.7. The standard InChI is InChI=1S/C21H32O3/c1-6-19(2)11-9-15-14(13-19)7-8-16-20(15,3)12-10-17(22)21(16,4)18(23)24-5/h6-7,15-17,22H,1,8-13H2,2-5H3/t15-,16-,17-,19-,20+,21-/m0/s1. The highest BCUT2D eigenvalue weighted by Crippen LogP contribution is 2.63. The van der Waals surface area contributed by atoms with Gasteiger partial charge < -0.3 is 9.84 Å². The predicted molar refractivity (Wildman–Crippen MR) is 95.3 cm³/mol. The smallest absolute Gasteiger partial charge is 0.314 e. The first-order valence-electron chi connectivity index (χ1n) is 9.30. The quantitative estimate of drug-likeness (QED) is 0.607. The molecule has 6 atom stereocenters. The van der Waals surface area contributed by atoms with Crippen LogP contribution in [0.25, 0.3) is 0 Å². The van der Waals surface area contributed by atoms with Crippen LogP contribution in [0.15, 0.2) is 24.3 Å². The summed E-state index contributed by atoms with van der Waals surface area (Å²) in [5.41, 5.74) is 1.01. The summed E-state index contributed by atoms with van der Waals surface area (Å²) >= 11 is 0. The van der Waals surface area contributed by atoms with Crippen LogP contribution in [0.5, 0.6) is 0 Å². The molecule has 3 nitrogen and oxygen atoms in total. The molecule has 0 amide bonds. The Morgan fingerprint density at radius 2 is 2.04 bits per heavy atom. The van der Waals surface area contributed by atoms with Gasteiger partial charge in [-0.2, -0.15) is 0 Å². The van der Waals surface area contributed by atoms with Gasteiger partial charge in [0, 0.05) is 0 Å². The number of methoxy groups -OCH3 is 1. The lowest BCUT2D eigenvalue weighted by atomic mass is 9.45. The molecule has 0 heterocycles. The lowest BCUT2D eigenvalue weighted by Crippen LogP contribution is -2.59. The molecular formula is C21H32O3. The molecule has 2 fully saturated rings. The van der Waals surface area contributed by atoms with Gasteiger partial charge in [-0.25, -0.2) is 0 Å². The zero-order valence-corrected chi connectivity index (χ0v) is 15.6. The second-order valence-electron chi connectivity index (χ2n) is 9.03. The maximum Gasteiger partial charge on any atom is 0.314 e. The Hall–Kier alpha value is -1.09. The average Bonchev–Trinajstić information content (AvgIpc) is 2.57. The van der Waals surface area contributed by atoms with Crippen LogP contribution in [0.4, 0.5) is 0 Å². The molecule has 0 saturated heterocycles. The number of carbonyl (C=O) groups excluding carboxylic acids is 1. The highest BCUT2D eigenvalue weighted by molar-refractivity contribution is 5.78.